The predicted molar refractivity (Wildman–Crippen MR) is 82.7 cm³/mol. The van der Waals surface area contributed by atoms with E-state index in [9.17, 15) is 4.79 Å². The lowest BCUT2D eigenvalue weighted by molar-refractivity contribution is 0.00109. The van der Waals surface area contributed by atoms with Crippen LogP contribution in [-0.4, -0.2) is 31.8 Å². The molecule has 1 saturated heterocycles. The van der Waals surface area contributed by atoms with Gasteiger partial charge in [-0.1, -0.05) is 12.1 Å². The molecule has 4 nitrogen and oxygen atoms in total. The van der Waals surface area contributed by atoms with E-state index in [1.165, 1.54) is 0 Å². The average molecular weight is 291 g/mol. The Morgan fingerprint density at radius 1 is 1.43 bits per heavy atom. The Hall–Kier alpha value is -1.55. The Kier molecular flexibility index (Phi) is 6.05. The third-order valence-corrected chi connectivity index (χ3v) is 3.86. The van der Waals surface area contributed by atoms with Crippen molar-refractivity contribution in [2.24, 2.45) is 5.92 Å². The van der Waals surface area contributed by atoms with Gasteiger partial charge in [-0.2, -0.15) is 0 Å². The Labute approximate surface area is 126 Å². The van der Waals surface area contributed by atoms with Crippen LogP contribution in [0.5, 0.6) is 5.75 Å². The third kappa shape index (κ3) is 4.74. The maximum Gasteiger partial charge on any atom is 0.255 e. The molecule has 2 rings (SSSR count). The van der Waals surface area contributed by atoms with Gasteiger partial charge in [0.2, 0.25) is 0 Å². The molecule has 0 saturated carbocycles. The minimum Gasteiger partial charge on any atom is -0.493 e. The zero-order valence-electron chi connectivity index (χ0n) is 12.9. The van der Waals surface area contributed by atoms with Crippen molar-refractivity contribution in [3.05, 3.63) is 29.8 Å². The highest BCUT2D eigenvalue weighted by molar-refractivity contribution is 5.96. The number of para-hydroxylation sites is 1. The molecule has 4 heteroatoms. The molecular formula is C17H25NO3. The van der Waals surface area contributed by atoms with Gasteiger partial charge in [-0.3, -0.25) is 4.79 Å². The van der Waals surface area contributed by atoms with Crippen LogP contribution in [0.15, 0.2) is 24.3 Å². The van der Waals surface area contributed by atoms with Crippen LogP contribution in [0.3, 0.4) is 0 Å². The summed E-state index contributed by atoms with van der Waals surface area (Å²) in [4.78, 5) is 12.2. The minimum atomic E-state index is -0.0563. The van der Waals surface area contributed by atoms with Gasteiger partial charge in [-0.25, -0.2) is 0 Å². The fourth-order valence-corrected chi connectivity index (χ4v) is 2.77. The molecule has 0 aromatic heterocycles. The van der Waals surface area contributed by atoms with E-state index in [1.807, 2.05) is 25.1 Å². The largest absolute Gasteiger partial charge is 0.493 e. The number of hydrogen-bond donors (Lipinski definition) is 1. The molecule has 1 heterocycles. The van der Waals surface area contributed by atoms with E-state index in [-0.39, 0.29) is 5.91 Å². The first-order valence-corrected chi connectivity index (χ1v) is 7.82. The van der Waals surface area contributed by atoms with Gasteiger partial charge in [0.05, 0.1) is 18.3 Å². The molecule has 0 bridgehead atoms. The lowest BCUT2D eigenvalue weighted by Crippen LogP contribution is -2.29. The van der Waals surface area contributed by atoms with Crippen molar-refractivity contribution in [1.29, 1.82) is 0 Å². The van der Waals surface area contributed by atoms with E-state index in [0.717, 1.165) is 25.9 Å². The second-order valence-corrected chi connectivity index (χ2v) is 5.55. The average Bonchev–Trinajstić information content (AvgIpc) is 2.48. The van der Waals surface area contributed by atoms with Crippen molar-refractivity contribution in [3.63, 3.8) is 0 Å². The zero-order valence-corrected chi connectivity index (χ0v) is 12.9. The highest BCUT2D eigenvalue weighted by Crippen LogP contribution is 2.22. The highest BCUT2D eigenvalue weighted by atomic mass is 16.5. The molecular weight excluding hydrogens is 266 g/mol. The van der Waals surface area contributed by atoms with Gasteiger partial charge in [-0.15, -0.1) is 0 Å². The Bertz CT molecular complexity index is 461. The molecule has 1 aromatic rings. The van der Waals surface area contributed by atoms with Crippen LogP contribution in [0.2, 0.25) is 0 Å². The molecule has 0 aliphatic carbocycles. The van der Waals surface area contributed by atoms with Crippen molar-refractivity contribution < 1.29 is 14.3 Å². The molecule has 1 amide bonds. The lowest BCUT2D eigenvalue weighted by atomic mass is 9.93. The summed E-state index contributed by atoms with van der Waals surface area (Å²) < 4.78 is 11.0. The van der Waals surface area contributed by atoms with E-state index >= 15 is 0 Å². The summed E-state index contributed by atoms with van der Waals surface area (Å²) in [6.07, 6.45) is 3.54. The van der Waals surface area contributed by atoms with E-state index in [1.54, 1.807) is 6.07 Å². The van der Waals surface area contributed by atoms with Gasteiger partial charge in [-0.05, 0) is 51.2 Å². The molecule has 0 radical (unpaired) electrons. The van der Waals surface area contributed by atoms with Crippen LogP contribution in [0, 0.1) is 5.92 Å². The van der Waals surface area contributed by atoms with E-state index in [4.69, 9.17) is 9.47 Å². The van der Waals surface area contributed by atoms with Gasteiger partial charge >= 0.3 is 0 Å². The molecule has 0 spiro atoms. The molecule has 1 aliphatic heterocycles. The van der Waals surface area contributed by atoms with E-state index in [2.05, 4.69) is 12.2 Å². The van der Waals surface area contributed by atoms with Crippen LogP contribution >= 0.6 is 0 Å². The minimum absolute atomic E-state index is 0.0563. The van der Waals surface area contributed by atoms with E-state index in [0.29, 0.717) is 36.5 Å². The number of amides is 1. The maximum absolute atomic E-state index is 12.2. The maximum atomic E-state index is 12.2. The summed E-state index contributed by atoms with van der Waals surface area (Å²) in [6, 6.07) is 7.37. The molecule has 1 fully saturated rings. The lowest BCUT2D eigenvalue weighted by Gasteiger charge is -2.27. The van der Waals surface area contributed by atoms with Gasteiger partial charge in [0, 0.05) is 13.2 Å². The summed E-state index contributed by atoms with van der Waals surface area (Å²) in [5, 5.41) is 3.00. The third-order valence-electron chi connectivity index (χ3n) is 3.86. The summed E-state index contributed by atoms with van der Waals surface area (Å²) in [5.41, 5.74) is 0.611. The molecule has 1 aromatic carbocycles. The smallest absolute Gasteiger partial charge is 0.255 e. The first kappa shape index (κ1) is 15.8. The second-order valence-electron chi connectivity index (χ2n) is 5.55. The quantitative estimate of drug-likeness (QED) is 0.876. The topological polar surface area (TPSA) is 47.6 Å². The van der Waals surface area contributed by atoms with E-state index < -0.39 is 0 Å². The number of rotatable bonds is 6. The normalized spacial score (nSPS) is 21.8. The van der Waals surface area contributed by atoms with Crippen molar-refractivity contribution in [1.82, 2.24) is 5.32 Å². The fraction of sp³-hybridized carbons (Fsp3) is 0.588. The second kappa shape index (κ2) is 8.03. The number of carbonyl (C=O) groups excluding carboxylic acids is 1. The van der Waals surface area contributed by atoms with Crippen LogP contribution < -0.4 is 10.1 Å². The monoisotopic (exact) mass is 291 g/mol. The standard InChI is InChI=1S/C17H25NO3/c1-3-20-16-7-5-4-6-15(16)17(19)18-10-8-14-9-11-21-13(2)12-14/h4-7,13-14H,3,8-12H2,1-2H3,(H,18,19)/t13-,14+/m0/s1. The number of ether oxygens (including phenoxy) is 2. The van der Waals surface area contributed by atoms with Crippen LogP contribution in [-0.2, 0) is 4.74 Å². The number of benzene rings is 1. The summed E-state index contributed by atoms with van der Waals surface area (Å²) in [5.74, 6) is 1.24. The zero-order chi connectivity index (χ0) is 15.1. The highest BCUT2D eigenvalue weighted by Gasteiger charge is 2.19. The van der Waals surface area contributed by atoms with Crippen LogP contribution in [0.4, 0.5) is 0 Å². The number of carbonyl (C=O) groups is 1. The molecule has 116 valence electrons. The van der Waals surface area contributed by atoms with Gasteiger partial charge in [0.1, 0.15) is 5.75 Å². The summed E-state index contributed by atoms with van der Waals surface area (Å²) in [6.45, 7) is 6.14. The SMILES string of the molecule is CCOc1ccccc1C(=O)NCC[C@@H]1CCO[C@@H](C)C1. The number of hydrogen-bond acceptors (Lipinski definition) is 3. The van der Waals surface area contributed by atoms with Crippen molar-refractivity contribution >= 4 is 5.91 Å². The summed E-state index contributed by atoms with van der Waals surface area (Å²) in [7, 11) is 0. The van der Waals surface area contributed by atoms with Crippen molar-refractivity contribution in [2.45, 2.75) is 39.2 Å². The predicted octanol–water partition coefficient (Wildman–Crippen LogP) is 3.02. The van der Waals surface area contributed by atoms with Gasteiger partial charge in [0.25, 0.3) is 5.91 Å². The Morgan fingerprint density at radius 2 is 2.24 bits per heavy atom. The molecule has 1 N–H and O–H groups in total. The first-order valence-electron chi connectivity index (χ1n) is 7.82. The fourth-order valence-electron chi connectivity index (χ4n) is 2.77. The Balaban J connectivity index is 1.81. The van der Waals surface area contributed by atoms with Crippen molar-refractivity contribution in [3.8, 4) is 5.75 Å². The van der Waals surface area contributed by atoms with Crippen molar-refractivity contribution in [2.75, 3.05) is 19.8 Å². The molecule has 1 aliphatic rings. The molecule has 0 unspecified atom stereocenters. The Morgan fingerprint density at radius 3 is 3.00 bits per heavy atom. The van der Waals surface area contributed by atoms with Gasteiger partial charge < -0.3 is 14.8 Å². The van der Waals surface area contributed by atoms with Crippen LogP contribution in [0.25, 0.3) is 0 Å². The van der Waals surface area contributed by atoms with Crippen LogP contribution in [0.1, 0.15) is 43.5 Å². The first-order chi connectivity index (χ1) is 10.2. The molecule has 2 atom stereocenters. The summed E-state index contributed by atoms with van der Waals surface area (Å²) >= 11 is 0. The van der Waals surface area contributed by atoms with Gasteiger partial charge in [0.15, 0.2) is 0 Å². The molecule has 21 heavy (non-hydrogen) atoms. The number of nitrogens with one attached hydrogen (secondary N) is 1.